The van der Waals surface area contributed by atoms with Crippen molar-refractivity contribution >= 4 is 23.2 Å². The first kappa shape index (κ1) is 13.0. The molecule has 0 aromatic carbocycles. The Morgan fingerprint density at radius 1 is 1.55 bits per heavy atom. The number of nitrogens with zero attached hydrogens (tertiary/aromatic N) is 3. The number of hydrogen-bond acceptors (Lipinski definition) is 6. The molecule has 3 heterocycles. The molecule has 0 aliphatic carbocycles. The number of hydrogen-bond donors (Lipinski definition) is 2. The number of amides is 1. The van der Waals surface area contributed by atoms with Gasteiger partial charge in [-0.25, -0.2) is 4.98 Å². The lowest BCUT2D eigenvalue weighted by Crippen LogP contribution is -2.16. The third kappa shape index (κ3) is 2.63. The van der Waals surface area contributed by atoms with Gasteiger partial charge in [0.2, 0.25) is 5.89 Å². The maximum atomic E-state index is 12.0. The number of aromatic nitrogens is 3. The zero-order valence-corrected chi connectivity index (χ0v) is 11.2. The normalized spacial score (nSPS) is 18.1. The van der Waals surface area contributed by atoms with Gasteiger partial charge in [0, 0.05) is 6.20 Å². The molecule has 1 aliphatic rings. The van der Waals surface area contributed by atoms with Gasteiger partial charge >= 0.3 is 0 Å². The van der Waals surface area contributed by atoms with Crippen molar-refractivity contribution in [3.05, 3.63) is 35.2 Å². The van der Waals surface area contributed by atoms with Crippen LogP contribution in [0.4, 0.5) is 5.69 Å². The highest BCUT2D eigenvalue weighted by molar-refractivity contribution is 6.32. The highest BCUT2D eigenvalue weighted by atomic mass is 35.5. The van der Waals surface area contributed by atoms with Crippen molar-refractivity contribution in [1.29, 1.82) is 0 Å². The first-order chi connectivity index (χ1) is 9.74. The van der Waals surface area contributed by atoms with Crippen molar-refractivity contribution in [2.45, 2.75) is 18.9 Å². The van der Waals surface area contributed by atoms with E-state index in [1.807, 2.05) is 0 Å². The van der Waals surface area contributed by atoms with Gasteiger partial charge in [-0.05, 0) is 31.5 Å². The van der Waals surface area contributed by atoms with Crippen molar-refractivity contribution in [3.8, 4) is 0 Å². The van der Waals surface area contributed by atoms with Crippen LogP contribution in [0.3, 0.4) is 0 Å². The number of rotatable bonds is 3. The first-order valence-electron chi connectivity index (χ1n) is 6.23. The monoisotopic (exact) mass is 293 g/mol. The molecule has 8 heteroatoms. The molecule has 0 saturated carbocycles. The van der Waals surface area contributed by atoms with Crippen LogP contribution in [-0.2, 0) is 0 Å². The van der Waals surface area contributed by atoms with Crippen LogP contribution in [0.15, 0.2) is 22.9 Å². The maximum Gasteiger partial charge on any atom is 0.297 e. The summed E-state index contributed by atoms with van der Waals surface area (Å²) in [7, 11) is 0. The number of nitrogens with one attached hydrogen (secondary N) is 2. The Morgan fingerprint density at radius 3 is 3.20 bits per heavy atom. The second-order valence-electron chi connectivity index (χ2n) is 4.40. The summed E-state index contributed by atoms with van der Waals surface area (Å²) < 4.78 is 5.10. The zero-order valence-electron chi connectivity index (χ0n) is 10.5. The fourth-order valence-electron chi connectivity index (χ4n) is 2.02. The first-order valence-corrected chi connectivity index (χ1v) is 6.60. The summed E-state index contributed by atoms with van der Waals surface area (Å²) in [6.07, 6.45) is 3.52. The van der Waals surface area contributed by atoms with E-state index in [0.717, 1.165) is 19.4 Å². The third-order valence-corrected chi connectivity index (χ3v) is 3.31. The van der Waals surface area contributed by atoms with Crippen molar-refractivity contribution in [1.82, 2.24) is 20.4 Å². The standard InChI is InChI=1S/C12H12ClN5O2/c13-9-7(3-1-6-15-9)16-11(19)10-17-12(20-18-10)8-4-2-5-14-8/h1,3,6,8,14H,2,4-5H2,(H,16,19). The smallest absolute Gasteiger partial charge is 0.297 e. The molecule has 1 fully saturated rings. The SMILES string of the molecule is O=C(Nc1cccnc1Cl)c1noc(C2CCCN2)n1. The van der Waals surface area contributed by atoms with E-state index in [4.69, 9.17) is 16.1 Å². The molecule has 2 aromatic heterocycles. The Bertz CT molecular complexity index is 624. The summed E-state index contributed by atoms with van der Waals surface area (Å²) in [6.45, 7) is 0.917. The number of carbonyl (C=O) groups excluding carboxylic acids is 1. The molecule has 1 atom stereocenters. The Morgan fingerprint density at radius 2 is 2.45 bits per heavy atom. The number of halogens is 1. The van der Waals surface area contributed by atoms with Crippen molar-refractivity contribution < 1.29 is 9.32 Å². The largest absolute Gasteiger partial charge is 0.337 e. The van der Waals surface area contributed by atoms with E-state index < -0.39 is 5.91 Å². The summed E-state index contributed by atoms with van der Waals surface area (Å²) in [5.41, 5.74) is 0.407. The summed E-state index contributed by atoms with van der Waals surface area (Å²) in [4.78, 5) is 20.0. The molecular formula is C12H12ClN5O2. The lowest BCUT2D eigenvalue weighted by molar-refractivity contribution is 0.101. The van der Waals surface area contributed by atoms with Crippen molar-refractivity contribution in [2.75, 3.05) is 11.9 Å². The summed E-state index contributed by atoms with van der Waals surface area (Å²) >= 11 is 5.86. The van der Waals surface area contributed by atoms with Crippen LogP contribution in [0.2, 0.25) is 5.15 Å². The van der Waals surface area contributed by atoms with Crippen LogP contribution in [0.25, 0.3) is 0 Å². The predicted molar refractivity (Wildman–Crippen MR) is 71.5 cm³/mol. The van der Waals surface area contributed by atoms with Gasteiger partial charge in [0.25, 0.3) is 11.7 Å². The van der Waals surface area contributed by atoms with E-state index >= 15 is 0 Å². The highest BCUT2D eigenvalue weighted by Gasteiger charge is 2.24. The van der Waals surface area contributed by atoms with Gasteiger partial charge in [0.05, 0.1) is 11.7 Å². The van der Waals surface area contributed by atoms with Crippen LogP contribution >= 0.6 is 11.6 Å². The van der Waals surface area contributed by atoms with Crippen LogP contribution in [0.1, 0.15) is 35.4 Å². The molecule has 2 N–H and O–H groups in total. The Balaban J connectivity index is 1.73. The van der Waals surface area contributed by atoms with Crippen LogP contribution in [0, 0.1) is 0 Å². The minimum absolute atomic E-state index is 0.0198. The molecule has 1 amide bonds. The van der Waals surface area contributed by atoms with Gasteiger partial charge in [-0.3, -0.25) is 4.79 Å². The third-order valence-electron chi connectivity index (χ3n) is 3.01. The molecule has 3 rings (SSSR count). The topological polar surface area (TPSA) is 92.9 Å². The molecule has 2 aromatic rings. The fraction of sp³-hybridized carbons (Fsp3) is 0.333. The molecule has 0 radical (unpaired) electrons. The molecule has 1 unspecified atom stereocenters. The second kappa shape index (κ2) is 5.56. The molecular weight excluding hydrogens is 282 g/mol. The van der Waals surface area contributed by atoms with Gasteiger partial charge in [-0.1, -0.05) is 16.8 Å². The average Bonchev–Trinajstić information content (AvgIpc) is 3.11. The molecule has 7 nitrogen and oxygen atoms in total. The van der Waals surface area contributed by atoms with E-state index in [1.165, 1.54) is 6.20 Å². The lowest BCUT2D eigenvalue weighted by atomic mass is 10.2. The highest BCUT2D eigenvalue weighted by Crippen LogP contribution is 2.22. The van der Waals surface area contributed by atoms with E-state index in [1.54, 1.807) is 12.1 Å². The lowest BCUT2D eigenvalue weighted by Gasteiger charge is -2.03. The number of anilines is 1. The molecule has 0 spiro atoms. The van der Waals surface area contributed by atoms with Gasteiger partial charge in [0.15, 0.2) is 5.15 Å². The van der Waals surface area contributed by atoms with Crippen molar-refractivity contribution in [2.24, 2.45) is 0 Å². The van der Waals surface area contributed by atoms with E-state index in [9.17, 15) is 4.79 Å². The van der Waals surface area contributed by atoms with Crippen LogP contribution in [-0.4, -0.2) is 27.6 Å². The predicted octanol–water partition coefficient (Wildman–Crippen LogP) is 1.79. The molecule has 104 valence electrons. The Kier molecular flexibility index (Phi) is 3.62. The molecule has 20 heavy (non-hydrogen) atoms. The van der Waals surface area contributed by atoms with Crippen LogP contribution < -0.4 is 10.6 Å². The minimum Gasteiger partial charge on any atom is -0.337 e. The maximum absolute atomic E-state index is 12.0. The summed E-state index contributed by atoms with van der Waals surface area (Å²) in [5.74, 6) is -0.0635. The van der Waals surface area contributed by atoms with Gasteiger partial charge in [0.1, 0.15) is 0 Å². The quantitative estimate of drug-likeness (QED) is 0.838. The Labute approximate surface area is 119 Å². The minimum atomic E-state index is -0.479. The fourth-order valence-corrected chi connectivity index (χ4v) is 2.19. The molecule has 0 bridgehead atoms. The second-order valence-corrected chi connectivity index (χ2v) is 4.76. The average molecular weight is 294 g/mol. The molecule has 1 aliphatic heterocycles. The van der Waals surface area contributed by atoms with E-state index in [-0.39, 0.29) is 17.0 Å². The zero-order chi connectivity index (χ0) is 13.9. The molecule has 1 saturated heterocycles. The van der Waals surface area contributed by atoms with Crippen LogP contribution in [0.5, 0.6) is 0 Å². The van der Waals surface area contributed by atoms with Gasteiger partial charge in [-0.15, -0.1) is 0 Å². The van der Waals surface area contributed by atoms with E-state index in [2.05, 4.69) is 25.8 Å². The summed E-state index contributed by atoms with van der Waals surface area (Å²) in [5, 5.41) is 9.71. The van der Waals surface area contributed by atoms with Crippen molar-refractivity contribution in [3.63, 3.8) is 0 Å². The number of pyridine rings is 1. The Hall–Kier alpha value is -1.99. The van der Waals surface area contributed by atoms with Gasteiger partial charge in [-0.2, -0.15) is 4.98 Å². The number of carbonyl (C=O) groups is 1. The van der Waals surface area contributed by atoms with Gasteiger partial charge < -0.3 is 15.2 Å². The summed E-state index contributed by atoms with van der Waals surface area (Å²) in [6, 6.07) is 3.35. The van der Waals surface area contributed by atoms with E-state index in [0.29, 0.717) is 11.6 Å².